The number of fused-ring (bicyclic) bond motifs is 1. The summed E-state index contributed by atoms with van der Waals surface area (Å²) in [5.74, 6) is 0. The lowest BCUT2D eigenvalue weighted by molar-refractivity contribution is 0.101. The molecule has 2 amide bonds. The van der Waals surface area contributed by atoms with Crippen LogP contribution in [0.3, 0.4) is 0 Å². The summed E-state index contributed by atoms with van der Waals surface area (Å²) in [6.07, 6.45) is 5.29. The molecule has 4 rings (SSSR count). The number of piperazine rings is 1. The van der Waals surface area contributed by atoms with Gasteiger partial charge in [-0.3, -0.25) is 9.88 Å². The van der Waals surface area contributed by atoms with Crippen molar-refractivity contribution < 1.29 is 4.79 Å². The summed E-state index contributed by atoms with van der Waals surface area (Å²) in [6.45, 7) is 4.01. The Labute approximate surface area is 155 Å². The minimum atomic E-state index is 0.0179. The number of rotatable bonds is 3. The number of nitrogens with zero attached hydrogens (tertiary/aromatic N) is 3. The third kappa shape index (κ3) is 3.88. The summed E-state index contributed by atoms with van der Waals surface area (Å²) < 4.78 is 0. The Kier molecular flexibility index (Phi) is 5.16. The fraction of sp³-hybridized carbons (Fsp3) is 0.429. The van der Waals surface area contributed by atoms with E-state index in [4.69, 9.17) is 0 Å². The van der Waals surface area contributed by atoms with Crippen molar-refractivity contribution in [1.82, 2.24) is 20.1 Å². The van der Waals surface area contributed by atoms with Gasteiger partial charge in [0.2, 0.25) is 0 Å². The Morgan fingerprint density at radius 3 is 2.58 bits per heavy atom. The summed E-state index contributed by atoms with van der Waals surface area (Å²) in [7, 11) is 0. The third-order valence-electron chi connectivity index (χ3n) is 5.59. The molecule has 2 aromatic rings. The van der Waals surface area contributed by atoms with E-state index in [-0.39, 0.29) is 6.03 Å². The molecule has 0 radical (unpaired) electrons. The van der Waals surface area contributed by atoms with Gasteiger partial charge >= 0.3 is 6.03 Å². The minimum absolute atomic E-state index is 0.0179. The smallest absolute Gasteiger partial charge is 0.317 e. The van der Waals surface area contributed by atoms with E-state index < -0.39 is 0 Å². The van der Waals surface area contributed by atoms with Crippen LogP contribution in [0.5, 0.6) is 0 Å². The van der Waals surface area contributed by atoms with Crippen LogP contribution >= 0.6 is 0 Å². The zero-order valence-electron chi connectivity index (χ0n) is 15.1. The molecule has 1 fully saturated rings. The van der Waals surface area contributed by atoms with Crippen LogP contribution in [0.4, 0.5) is 4.79 Å². The molecule has 0 saturated carbocycles. The fourth-order valence-corrected chi connectivity index (χ4v) is 4.06. The van der Waals surface area contributed by atoms with Crippen molar-refractivity contribution in [1.29, 1.82) is 0 Å². The van der Waals surface area contributed by atoms with E-state index >= 15 is 0 Å². The maximum atomic E-state index is 12.4. The summed E-state index contributed by atoms with van der Waals surface area (Å²) >= 11 is 0. The van der Waals surface area contributed by atoms with Crippen molar-refractivity contribution in [2.75, 3.05) is 26.2 Å². The van der Waals surface area contributed by atoms with Crippen molar-refractivity contribution in [3.05, 3.63) is 65.5 Å². The lowest BCUT2D eigenvalue weighted by Crippen LogP contribution is -2.55. The molecule has 1 N–H and O–H groups in total. The number of amides is 2. The molecule has 0 spiro atoms. The molecule has 136 valence electrons. The molecule has 0 bridgehead atoms. The van der Waals surface area contributed by atoms with E-state index in [0.29, 0.717) is 12.6 Å². The van der Waals surface area contributed by atoms with Crippen LogP contribution in [0, 0.1) is 0 Å². The number of benzene rings is 1. The maximum Gasteiger partial charge on any atom is 0.317 e. The second-order valence-electron chi connectivity index (χ2n) is 7.17. The van der Waals surface area contributed by atoms with E-state index in [0.717, 1.165) is 38.3 Å². The number of aryl methyl sites for hydroxylation is 1. The van der Waals surface area contributed by atoms with Crippen molar-refractivity contribution in [3.8, 4) is 0 Å². The highest BCUT2D eigenvalue weighted by atomic mass is 16.2. The zero-order valence-corrected chi connectivity index (χ0v) is 15.1. The number of hydrogen-bond donors (Lipinski definition) is 1. The average Bonchev–Trinajstić information content (AvgIpc) is 2.72. The van der Waals surface area contributed by atoms with Gasteiger partial charge in [-0.25, -0.2) is 4.79 Å². The Morgan fingerprint density at radius 2 is 1.81 bits per heavy atom. The van der Waals surface area contributed by atoms with Crippen LogP contribution < -0.4 is 5.32 Å². The van der Waals surface area contributed by atoms with E-state index in [1.165, 1.54) is 24.0 Å². The van der Waals surface area contributed by atoms with Crippen LogP contribution in [0.2, 0.25) is 0 Å². The van der Waals surface area contributed by atoms with Crippen LogP contribution in [-0.2, 0) is 19.4 Å². The zero-order chi connectivity index (χ0) is 17.8. The molecule has 2 heterocycles. The SMILES string of the molecule is O=C(NCc1ccccn1)N1CCN([C@@H]2CCc3ccccc3C2)CC1. The molecule has 0 unspecified atom stereocenters. The second-order valence-corrected chi connectivity index (χ2v) is 7.17. The highest BCUT2D eigenvalue weighted by molar-refractivity contribution is 5.74. The van der Waals surface area contributed by atoms with Gasteiger partial charge in [0.15, 0.2) is 0 Å². The number of aromatic nitrogens is 1. The lowest BCUT2D eigenvalue weighted by Gasteiger charge is -2.41. The summed E-state index contributed by atoms with van der Waals surface area (Å²) in [5.41, 5.74) is 3.90. The maximum absolute atomic E-state index is 12.4. The molecule has 5 nitrogen and oxygen atoms in total. The van der Waals surface area contributed by atoms with E-state index in [2.05, 4.69) is 39.5 Å². The Balaban J connectivity index is 1.26. The molecule has 1 aromatic heterocycles. The van der Waals surface area contributed by atoms with Gasteiger partial charge in [0.05, 0.1) is 12.2 Å². The molecule has 1 aromatic carbocycles. The van der Waals surface area contributed by atoms with Gasteiger partial charge < -0.3 is 10.2 Å². The molecule has 1 aliphatic carbocycles. The first-order valence-electron chi connectivity index (χ1n) is 9.53. The molecule has 26 heavy (non-hydrogen) atoms. The first-order valence-corrected chi connectivity index (χ1v) is 9.53. The van der Waals surface area contributed by atoms with Crippen LogP contribution in [0.15, 0.2) is 48.7 Å². The van der Waals surface area contributed by atoms with Gasteiger partial charge in [0.1, 0.15) is 0 Å². The van der Waals surface area contributed by atoms with Gasteiger partial charge in [-0.2, -0.15) is 0 Å². The van der Waals surface area contributed by atoms with Crippen LogP contribution in [0.1, 0.15) is 23.2 Å². The standard InChI is InChI=1S/C21H26N4O/c26-21(23-16-19-7-3-4-10-22-19)25-13-11-24(12-14-25)20-9-8-17-5-1-2-6-18(17)15-20/h1-7,10,20H,8-9,11-16H2,(H,23,26)/t20-/m1/s1. The largest absolute Gasteiger partial charge is 0.332 e. The molecule has 2 aliphatic rings. The summed E-state index contributed by atoms with van der Waals surface area (Å²) in [4.78, 5) is 21.1. The van der Waals surface area contributed by atoms with Crippen molar-refractivity contribution in [2.45, 2.75) is 31.8 Å². The number of nitrogens with one attached hydrogen (secondary N) is 1. The number of hydrogen-bond acceptors (Lipinski definition) is 3. The van der Waals surface area contributed by atoms with E-state index in [1.807, 2.05) is 23.1 Å². The molecular weight excluding hydrogens is 324 g/mol. The quantitative estimate of drug-likeness (QED) is 0.925. The lowest BCUT2D eigenvalue weighted by atomic mass is 9.87. The minimum Gasteiger partial charge on any atom is -0.332 e. The van der Waals surface area contributed by atoms with Crippen molar-refractivity contribution in [2.24, 2.45) is 0 Å². The molecule has 5 heteroatoms. The number of pyridine rings is 1. The molecule has 1 saturated heterocycles. The van der Waals surface area contributed by atoms with E-state index in [9.17, 15) is 4.79 Å². The topological polar surface area (TPSA) is 48.5 Å². The Morgan fingerprint density at radius 1 is 1.04 bits per heavy atom. The van der Waals surface area contributed by atoms with Crippen LogP contribution in [0.25, 0.3) is 0 Å². The highest BCUT2D eigenvalue weighted by Gasteiger charge is 2.28. The number of carbonyl (C=O) groups excluding carboxylic acids is 1. The van der Waals surface area contributed by atoms with Crippen LogP contribution in [-0.4, -0.2) is 53.0 Å². The van der Waals surface area contributed by atoms with Crippen molar-refractivity contribution >= 4 is 6.03 Å². The predicted octanol–water partition coefficient (Wildman–Crippen LogP) is 2.47. The van der Waals surface area contributed by atoms with Crippen molar-refractivity contribution in [3.63, 3.8) is 0 Å². The fourth-order valence-electron chi connectivity index (χ4n) is 4.06. The van der Waals surface area contributed by atoms with E-state index in [1.54, 1.807) is 6.20 Å². The monoisotopic (exact) mass is 350 g/mol. The average molecular weight is 350 g/mol. The van der Waals surface area contributed by atoms with Gasteiger partial charge in [-0.05, 0) is 42.5 Å². The Hall–Kier alpha value is -2.40. The predicted molar refractivity (Wildman–Crippen MR) is 102 cm³/mol. The second kappa shape index (κ2) is 7.87. The summed E-state index contributed by atoms with van der Waals surface area (Å²) in [6, 6.07) is 15.2. The summed E-state index contributed by atoms with van der Waals surface area (Å²) in [5, 5.41) is 2.98. The third-order valence-corrected chi connectivity index (χ3v) is 5.59. The first-order chi connectivity index (χ1) is 12.8. The highest BCUT2D eigenvalue weighted by Crippen LogP contribution is 2.25. The molecular formula is C21H26N4O. The first kappa shape index (κ1) is 17.0. The molecule has 1 aliphatic heterocycles. The number of carbonyl (C=O) groups is 1. The Bertz CT molecular complexity index is 741. The number of urea groups is 1. The van der Waals surface area contributed by atoms with Gasteiger partial charge in [0, 0.05) is 38.4 Å². The van der Waals surface area contributed by atoms with Gasteiger partial charge in [-0.15, -0.1) is 0 Å². The van der Waals surface area contributed by atoms with Gasteiger partial charge in [0.25, 0.3) is 0 Å². The normalized spacial score (nSPS) is 20.5. The molecule has 1 atom stereocenters. The van der Waals surface area contributed by atoms with Gasteiger partial charge in [-0.1, -0.05) is 30.3 Å².